The van der Waals surface area contributed by atoms with Gasteiger partial charge < -0.3 is 14.9 Å². The standard InChI is InChI=1S/C27H34O6/c1-13(2)11-15-18-17(12-16(28)20(22(18)30)21(29)14-9-7-8-10-14)33-24-19(15)23(31)26(3,4)25(32)27(24,5)6/h12-15,28,30H,7-11H2,1-6H3. The molecular formula is C27H34O6. The lowest BCUT2D eigenvalue weighted by molar-refractivity contribution is -0.144. The fourth-order valence-corrected chi connectivity index (χ4v) is 5.93. The number of ketones is 3. The van der Waals surface area contributed by atoms with Crippen LogP contribution in [0.3, 0.4) is 0 Å². The Kier molecular flexibility index (Phi) is 5.50. The Labute approximate surface area is 195 Å². The molecule has 2 aliphatic carbocycles. The summed E-state index contributed by atoms with van der Waals surface area (Å²) in [4.78, 5) is 40.1. The molecule has 6 nitrogen and oxygen atoms in total. The van der Waals surface area contributed by atoms with Gasteiger partial charge in [0.15, 0.2) is 17.3 Å². The van der Waals surface area contributed by atoms with E-state index in [2.05, 4.69) is 0 Å². The van der Waals surface area contributed by atoms with Crippen LogP contribution in [0.4, 0.5) is 0 Å². The van der Waals surface area contributed by atoms with E-state index in [9.17, 15) is 24.6 Å². The largest absolute Gasteiger partial charge is 0.507 e. The zero-order chi connectivity index (χ0) is 24.5. The van der Waals surface area contributed by atoms with Crippen LogP contribution in [0.5, 0.6) is 17.2 Å². The molecule has 1 unspecified atom stereocenters. The highest BCUT2D eigenvalue weighted by Crippen LogP contribution is 2.57. The molecule has 1 aliphatic heterocycles. The van der Waals surface area contributed by atoms with Gasteiger partial charge in [0.1, 0.15) is 28.6 Å². The molecule has 1 heterocycles. The first-order valence-electron chi connectivity index (χ1n) is 11.9. The number of Topliss-reactive ketones (excluding diaryl/α,β-unsaturated/α-hetero) is 3. The topological polar surface area (TPSA) is 101 Å². The maximum absolute atomic E-state index is 13.6. The van der Waals surface area contributed by atoms with E-state index in [1.165, 1.54) is 6.07 Å². The van der Waals surface area contributed by atoms with E-state index in [4.69, 9.17) is 4.74 Å². The van der Waals surface area contributed by atoms with Crippen molar-refractivity contribution in [2.75, 3.05) is 0 Å². The Morgan fingerprint density at radius 2 is 1.70 bits per heavy atom. The third-order valence-corrected chi connectivity index (χ3v) is 7.63. The minimum absolute atomic E-state index is 0.0834. The highest BCUT2D eigenvalue weighted by molar-refractivity contribution is 6.20. The van der Waals surface area contributed by atoms with Crippen molar-refractivity contribution >= 4 is 17.3 Å². The molecule has 6 heteroatoms. The van der Waals surface area contributed by atoms with E-state index < -0.39 is 16.7 Å². The highest BCUT2D eigenvalue weighted by Gasteiger charge is 2.57. The summed E-state index contributed by atoms with van der Waals surface area (Å²) in [5.74, 6) is -1.57. The Morgan fingerprint density at radius 3 is 2.27 bits per heavy atom. The van der Waals surface area contributed by atoms with Crippen LogP contribution in [0.15, 0.2) is 17.4 Å². The molecule has 0 aromatic heterocycles. The molecule has 4 rings (SSSR count). The number of allylic oxidation sites excluding steroid dienone is 2. The van der Waals surface area contributed by atoms with Crippen LogP contribution in [0.25, 0.3) is 0 Å². The maximum Gasteiger partial charge on any atom is 0.175 e. The van der Waals surface area contributed by atoms with Gasteiger partial charge in [0.2, 0.25) is 0 Å². The van der Waals surface area contributed by atoms with E-state index in [-0.39, 0.29) is 57.8 Å². The summed E-state index contributed by atoms with van der Waals surface area (Å²) in [5.41, 5.74) is -1.61. The second-order valence-electron chi connectivity index (χ2n) is 11.3. The SMILES string of the molecule is CC(C)CC1C2=C(Oc3cc(O)c(C(=O)C4CCCC4)c(O)c31)C(C)(C)C(=O)C(C)(C)C2=O. The molecule has 1 aromatic rings. The lowest BCUT2D eigenvalue weighted by Crippen LogP contribution is -2.51. The van der Waals surface area contributed by atoms with Gasteiger partial charge in [-0.15, -0.1) is 0 Å². The van der Waals surface area contributed by atoms with Crippen LogP contribution in [-0.4, -0.2) is 27.6 Å². The van der Waals surface area contributed by atoms with Crippen LogP contribution in [0, 0.1) is 22.7 Å². The number of carbonyl (C=O) groups is 3. The van der Waals surface area contributed by atoms with E-state index in [0.29, 0.717) is 17.6 Å². The number of benzene rings is 1. The molecule has 1 saturated carbocycles. The lowest BCUT2D eigenvalue weighted by atomic mass is 9.59. The minimum atomic E-state index is -1.23. The molecule has 0 radical (unpaired) electrons. The van der Waals surface area contributed by atoms with Gasteiger partial charge in [-0.25, -0.2) is 0 Å². The van der Waals surface area contributed by atoms with E-state index >= 15 is 0 Å². The van der Waals surface area contributed by atoms with Gasteiger partial charge in [0, 0.05) is 29.0 Å². The van der Waals surface area contributed by atoms with E-state index in [0.717, 1.165) is 25.7 Å². The number of fused-ring (bicyclic) bond motifs is 1. The molecule has 0 saturated heterocycles. The summed E-state index contributed by atoms with van der Waals surface area (Å²) >= 11 is 0. The number of hydrogen-bond acceptors (Lipinski definition) is 6. The third kappa shape index (κ3) is 3.41. The molecule has 0 amide bonds. The van der Waals surface area contributed by atoms with Crippen molar-refractivity contribution in [2.24, 2.45) is 22.7 Å². The van der Waals surface area contributed by atoms with Crippen molar-refractivity contribution in [3.05, 3.63) is 28.5 Å². The predicted molar refractivity (Wildman–Crippen MR) is 123 cm³/mol. The summed E-state index contributed by atoms with van der Waals surface area (Å²) in [6, 6.07) is 1.36. The number of phenols is 2. The molecule has 1 atom stereocenters. The van der Waals surface area contributed by atoms with Gasteiger partial charge >= 0.3 is 0 Å². The quantitative estimate of drug-likeness (QED) is 0.463. The van der Waals surface area contributed by atoms with Crippen molar-refractivity contribution < 1.29 is 29.3 Å². The number of aromatic hydroxyl groups is 2. The second-order valence-corrected chi connectivity index (χ2v) is 11.3. The fourth-order valence-electron chi connectivity index (χ4n) is 5.93. The number of rotatable bonds is 4. The number of hydrogen-bond donors (Lipinski definition) is 2. The lowest BCUT2D eigenvalue weighted by Gasteiger charge is -2.45. The van der Waals surface area contributed by atoms with Gasteiger partial charge in [0.05, 0.1) is 10.8 Å². The van der Waals surface area contributed by atoms with Crippen molar-refractivity contribution in [2.45, 2.75) is 79.6 Å². The summed E-state index contributed by atoms with van der Waals surface area (Å²) in [5, 5.41) is 22.1. The fraction of sp³-hybridized carbons (Fsp3) is 0.593. The zero-order valence-corrected chi connectivity index (χ0v) is 20.4. The molecule has 3 aliphatic rings. The molecule has 2 N–H and O–H groups in total. The summed E-state index contributed by atoms with van der Waals surface area (Å²) in [6.45, 7) is 10.8. The molecule has 1 aromatic carbocycles. The van der Waals surface area contributed by atoms with Gasteiger partial charge in [0.25, 0.3) is 0 Å². The Hall–Kier alpha value is -2.63. The monoisotopic (exact) mass is 454 g/mol. The number of carbonyl (C=O) groups excluding carboxylic acids is 3. The van der Waals surface area contributed by atoms with Gasteiger partial charge in [-0.3, -0.25) is 14.4 Å². The van der Waals surface area contributed by atoms with Crippen molar-refractivity contribution in [3.8, 4) is 17.2 Å². The Bertz CT molecular complexity index is 1080. The number of ether oxygens (including phenoxy) is 1. The van der Waals surface area contributed by atoms with Gasteiger partial charge in [-0.2, -0.15) is 0 Å². The molecular weight excluding hydrogens is 420 g/mol. The van der Waals surface area contributed by atoms with Crippen molar-refractivity contribution in [3.63, 3.8) is 0 Å². The molecule has 178 valence electrons. The third-order valence-electron chi connectivity index (χ3n) is 7.63. The van der Waals surface area contributed by atoms with Crippen molar-refractivity contribution in [1.82, 2.24) is 0 Å². The first kappa shape index (κ1) is 23.5. The van der Waals surface area contributed by atoms with Crippen molar-refractivity contribution in [1.29, 1.82) is 0 Å². The van der Waals surface area contributed by atoms with Crippen LogP contribution >= 0.6 is 0 Å². The van der Waals surface area contributed by atoms with Gasteiger partial charge in [-0.1, -0.05) is 26.7 Å². The van der Waals surface area contributed by atoms with E-state index in [1.807, 2.05) is 13.8 Å². The molecule has 0 spiro atoms. The first-order valence-corrected chi connectivity index (χ1v) is 11.9. The minimum Gasteiger partial charge on any atom is -0.507 e. The smallest absolute Gasteiger partial charge is 0.175 e. The number of phenolic OH excluding ortho intramolecular Hbond substituents is 2. The van der Waals surface area contributed by atoms with Gasteiger partial charge in [-0.05, 0) is 52.9 Å². The highest BCUT2D eigenvalue weighted by atomic mass is 16.5. The predicted octanol–water partition coefficient (Wildman–Crippen LogP) is 5.45. The average molecular weight is 455 g/mol. The molecule has 1 fully saturated rings. The first-order chi connectivity index (χ1) is 15.3. The Morgan fingerprint density at radius 1 is 1.09 bits per heavy atom. The second kappa shape index (κ2) is 7.71. The normalized spacial score (nSPS) is 24.0. The Balaban J connectivity index is 1.95. The van der Waals surface area contributed by atoms with Crippen LogP contribution < -0.4 is 4.74 Å². The van der Waals surface area contributed by atoms with Crippen LogP contribution in [0.1, 0.15) is 95.5 Å². The maximum atomic E-state index is 13.6. The summed E-state index contributed by atoms with van der Waals surface area (Å²) in [6.07, 6.45) is 3.89. The molecule has 33 heavy (non-hydrogen) atoms. The van der Waals surface area contributed by atoms with Crippen LogP contribution in [0.2, 0.25) is 0 Å². The summed E-state index contributed by atoms with van der Waals surface area (Å²) < 4.78 is 6.13. The van der Waals surface area contributed by atoms with E-state index in [1.54, 1.807) is 27.7 Å². The summed E-state index contributed by atoms with van der Waals surface area (Å²) in [7, 11) is 0. The zero-order valence-electron chi connectivity index (χ0n) is 20.4. The van der Waals surface area contributed by atoms with Crippen LogP contribution in [-0.2, 0) is 9.59 Å². The molecule has 0 bridgehead atoms. The average Bonchev–Trinajstić information content (AvgIpc) is 3.25.